The predicted molar refractivity (Wildman–Crippen MR) is 90.6 cm³/mol. The first-order chi connectivity index (χ1) is 11.8. The molecule has 4 rings (SSSR count). The molecule has 0 spiro atoms. The number of hydrogen-bond donors (Lipinski definition) is 1. The zero-order chi connectivity index (χ0) is 16.4. The average molecular weight is 318 g/mol. The van der Waals surface area contributed by atoms with Gasteiger partial charge in [0.25, 0.3) is 0 Å². The molecule has 5 nitrogen and oxygen atoms in total. The Balaban J connectivity index is 1.51. The van der Waals surface area contributed by atoms with E-state index in [4.69, 9.17) is 0 Å². The molecule has 24 heavy (non-hydrogen) atoms. The molecule has 1 fully saturated rings. The van der Waals surface area contributed by atoms with Crippen LogP contribution in [0.15, 0.2) is 67.1 Å². The summed E-state index contributed by atoms with van der Waals surface area (Å²) in [5, 5.41) is 7.31. The van der Waals surface area contributed by atoms with Crippen LogP contribution in [0.25, 0.3) is 5.82 Å². The van der Waals surface area contributed by atoms with Crippen molar-refractivity contribution in [3.05, 3.63) is 78.2 Å². The molecular formula is C19H18N4O. The highest BCUT2D eigenvalue weighted by Gasteiger charge is 2.50. The van der Waals surface area contributed by atoms with Gasteiger partial charge in [-0.3, -0.25) is 4.79 Å². The van der Waals surface area contributed by atoms with E-state index in [9.17, 15) is 4.79 Å². The smallest absolute Gasteiger partial charge is 0.230 e. The standard InChI is InChI=1S/C19H18N4O/c24-18(19(9-10-19)16-7-2-1-3-8-16)21-14-15-6-4-11-20-17(15)23-13-5-12-22-23/h1-8,11-13H,9-10,14H2,(H,21,24). The van der Waals surface area contributed by atoms with Crippen LogP contribution in [0.5, 0.6) is 0 Å². The van der Waals surface area contributed by atoms with Gasteiger partial charge in [-0.1, -0.05) is 36.4 Å². The van der Waals surface area contributed by atoms with Crippen molar-refractivity contribution < 1.29 is 4.79 Å². The van der Waals surface area contributed by atoms with Crippen LogP contribution in [0.2, 0.25) is 0 Å². The second-order valence-electron chi connectivity index (χ2n) is 6.07. The van der Waals surface area contributed by atoms with Crippen molar-refractivity contribution in [2.24, 2.45) is 0 Å². The molecule has 2 aromatic heterocycles. The Morgan fingerprint density at radius 2 is 1.92 bits per heavy atom. The van der Waals surface area contributed by atoms with Crippen LogP contribution in [0.3, 0.4) is 0 Å². The van der Waals surface area contributed by atoms with Crippen LogP contribution in [0.1, 0.15) is 24.0 Å². The fourth-order valence-corrected chi connectivity index (χ4v) is 3.04. The van der Waals surface area contributed by atoms with E-state index in [0.29, 0.717) is 6.54 Å². The zero-order valence-electron chi connectivity index (χ0n) is 13.2. The lowest BCUT2D eigenvalue weighted by molar-refractivity contribution is -0.123. The maximum Gasteiger partial charge on any atom is 0.230 e. The molecule has 1 amide bonds. The highest BCUT2D eigenvalue weighted by molar-refractivity contribution is 5.91. The predicted octanol–water partition coefficient (Wildman–Crippen LogP) is 2.62. The van der Waals surface area contributed by atoms with Crippen molar-refractivity contribution in [2.45, 2.75) is 24.8 Å². The summed E-state index contributed by atoms with van der Waals surface area (Å²) in [6.45, 7) is 0.441. The molecule has 0 saturated heterocycles. The van der Waals surface area contributed by atoms with Gasteiger partial charge in [-0.2, -0.15) is 5.10 Å². The Kier molecular flexibility index (Phi) is 3.61. The number of aromatic nitrogens is 3. The van der Waals surface area contributed by atoms with Crippen LogP contribution in [0.4, 0.5) is 0 Å². The van der Waals surface area contributed by atoms with Crippen LogP contribution in [-0.2, 0) is 16.8 Å². The number of carbonyl (C=O) groups excluding carboxylic acids is 1. The van der Waals surface area contributed by atoms with Gasteiger partial charge >= 0.3 is 0 Å². The van der Waals surface area contributed by atoms with E-state index < -0.39 is 0 Å². The van der Waals surface area contributed by atoms with Gasteiger partial charge in [-0.25, -0.2) is 9.67 Å². The van der Waals surface area contributed by atoms with Gasteiger partial charge in [-0.15, -0.1) is 0 Å². The summed E-state index contributed by atoms with van der Waals surface area (Å²) in [4.78, 5) is 17.1. The van der Waals surface area contributed by atoms with Crippen molar-refractivity contribution in [3.8, 4) is 5.82 Å². The Labute approximate surface area is 140 Å². The number of rotatable bonds is 5. The third-order valence-corrected chi connectivity index (χ3v) is 4.54. The average Bonchev–Trinajstić information content (AvgIpc) is 3.28. The SMILES string of the molecule is O=C(NCc1cccnc1-n1cccn1)C1(c2ccccc2)CC1. The molecule has 0 unspecified atom stereocenters. The highest BCUT2D eigenvalue weighted by Crippen LogP contribution is 2.48. The molecule has 0 radical (unpaired) electrons. The zero-order valence-corrected chi connectivity index (χ0v) is 13.2. The number of nitrogens with one attached hydrogen (secondary N) is 1. The molecule has 1 aliphatic rings. The Morgan fingerprint density at radius 3 is 2.62 bits per heavy atom. The summed E-state index contributed by atoms with van der Waals surface area (Å²) in [5.41, 5.74) is 1.69. The van der Waals surface area contributed by atoms with Gasteiger partial charge in [0.05, 0.1) is 5.41 Å². The Hall–Kier alpha value is -2.95. The monoisotopic (exact) mass is 318 g/mol. The molecule has 120 valence electrons. The molecule has 0 bridgehead atoms. The lowest BCUT2D eigenvalue weighted by Crippen LogP contribution is -2.34. The number of nitrogens with zero attached hydrogens (tertiary/aromatic N) is 3. The van der Waals surface area contributed by atoms with Gasteiger partial charge in [0.1, 0.15) is 0 Å². The number of carbonyl (C=O) groups is 1. The lowest BCUT2D eigenvalue weighted by atomic mass is 9.95. The summed E-state index contributed by atoms with van der Waals surface area (Å²) in [5.74, 6) is 0.830. The highest BCUT2D eigenvalue weighted by atomic mass is 16.2. The van der Waals surface area contributed by atoms with Crippen LogP contribution < -0.4 is 5.32 Å². The van der Waals surface area contributed by atoms with E-state index in [1.807, 2.05) is 54.7 Å². The normalized spacial score (nSPS) is 15.0. The van der Waals surface area contributed by atoms with Crippen LogP contribution in [-0.4, -0.2) is 20.7 Å². The molecular weight excluding hydrogens is 300 g/mol. The quantitative estimate of drug-likeness (QED) is 0.786. The van der Waals surface area contributed by atoms with Gasteiger partial charge in [0.2, 0.25) is 5.91 Å². The molecule has 1 aromatic carbocycles. The summed E-state index contributed by atoms with van der Waals surface area (Å²) in [6.07, 6.45) is 7.10. The van der Waals surface area contributed by atoms with Crippen LogP contribution >= 0.6 is 0 Å². The molecule has 0 aliphatic heterocycles. The van der Waals surface area contributed by atoms with E-state index in [1.54, 1.807) is 17.1 Å². The van der Waals surface area contributed by atoms with Gasteiger partial charge < -0.3 is 5.32 Å². The summed E-state index contributed by atoms with van der Waals surface area (Å²) >= 11 is 0. The van der Waals surface area contributed by atoms with E-state index in [0.717, 1.165) is 29.8 Å². The summed E-state index contributed by atoms with van der Waals surface area (Å²) in [6, 6.07) is 15.7. The van der Waals surface area contributed by atoms with Crippen molar-refractivity contribution in [2.75, 3.05) is 0 Å². The molecule has 1 aliphatic carbocycles. The third kappa shape index (κ3) is 2.58. The first-order valence-corrected chi connectivity index (χ1v) is 8.07. The number of amides is 1. The molecule has 1 N–H and O–H groups in total. The third-order valence-electron chi connectivity index (χ3n) is 4.54. The lowest BCUT2D eigenvalue weighted by Gasteiger charge is -2.16. The van der Waals surface area contributed by atoms with Gasteiger partial charge in [-0.05, 0) is 30.5 Å². The summed E-state index contributed by atoms with van der Waals surface area (Å²) in [7, 11) is 0. The number of hydrogen-bond acceptors (Lipinski definition) is 3. The minimum Gasteiger partial charge on any atom is -0.351 e. The van der Waals surface area contributed by atoms with Gasteiger partial charge in [0, 0.05) is 30.7 Å². The van der Waals surface area contributed by atoms with E-state index in [2.05, 4.69) is 15.4 Å². The maximum absolute atomic E-state index is 12.7. The van der Waals surface area contributed by atoms with Crippen molar-refractivity contribution in [3.63, 3.8) is 0 Å². The fraction of sp³-hybridized carbons (Fsp3) is 0.211. The largest absolute Gasteiger partial charge is 0.351 e. The van der Waals surface area contributed by atoms with E-state index in [1.165, 1.54) is 0 Å². The Bertz CT molecular complexity index is 839. The molecule has 2 heterocycles. The minimum atomic E-state index is -0.352. The maximum atomic E-state index is 12.7. The second-order valence-corrected chi connectivity index (χ2v) is 6.07. The number of pyridine rings is 1. The van der Waals surface area contributed by atoms with E-state index >= 15 is 0 Å². The number of benzene rings is 1. The van der Waals surface area contributed by atoms with Crippen molar-refractivity contribution in [1.82, 2.24) is 20.1 Å². The van der Waals surface area contributed by atoms with Crippen molar-refractivity contribution in [1.29, 1.82) is 0 Å². The topological polar surface area (TPSA) is 59.8 Å². The van der Waals surface area contributed by atoms with Crippen LogP contribution in [0, 0.1) is 0 Å². The minimum absolute atomic E-state index is 0.0870. The molecule has 0 atom stereocenters. The molecule has 3 aromatic rings. The molecule has 1 saturated carbocycles. The second kappa shape index (κ2) is 5.92. The summed E-state index contributed by atoms with van der Waals surface area (Å²) < 4.78 is 1.71. The fourth-order valence-electron chi connectivity index (χ4n) is 3.04. The first-order valence-electron chi connectivity index (χ1n) is 8.07. The molecule has 5 heteroatoms. The first kappa shape index (κ1) is 14.6. The Morgan fingerprint density at radius 1 is 1.08 bits per heavy atom. The van der Waals surface area contributed by atoms with Gasteiger partial charge in [0.15, 0.2) is 5.82 Å². The van der Waals surface area contributed by atoms with E-state index in [-0.39, 0.29) is 11.3 Å². The van der Waals surface area contributed by atoms with Crippen molar-refractivity contribution >= 4 is 5.91 Å².